The molecule has 0 aliphatic heterocycles. The van der Waals surface area contributed by atoms with Crippen molar-refractivity contribution in [3.63, 3.8) is 0 Å². The molecule has 0 spiro atoms. The van der Waals surface area contributed by atoms with Crippen LogP contribution in [0.25, 0.3) is 0 Å². The molecule has 54 valence electrons. The van der Waals surface area contributed by atoms with Gasteiger partial charge in [0.1, 0.15) is 5.84 Å². The van der Waals surface area contributed by atoms with Crippen LogP contribution >= 0.6 is 0 Å². The van der Waals surface area contributed by atoms with Gasteiger partial charge in [0.15, 0.2) is 0 Å². The van der Waals surface area contributed by atoms with E-state index < -0.39 is 0 Å². The fraction of sp³-hybridized carbons (Fsp3) is 0.833. The number of rotatable bonds is 2. The predicted molar refractivity (Wildman–Crippen MR) is 40.2 cm³/mol. The maximum Gasteiger partial charge on any atom is 0.123 e. The molecule has 2 N–H and O–H groups in total. The zero-order valence-electron chi connectivity index (χ0n) is 6.39. The summed E-state index contributed by atoms with van der Waals surface area (Å²) in [7, 11) is 3.89. The number of hydrogen-bond acceptors (Lipinski definition) is 2. The molecule has 0 aliphatic rings. The van der Waals surface area contributed by atoms with Gasteiger partial charge in [-0.2, -0.15) is 5.10 Å². The molecule has 0 aromatic rings. The number of hydrazone groups is 1. The van der Waals surface area contributed by atoms with E-state index in [-0.39, 0.29) is 0 Å². The Morgan fingerprint density at radius 2 is 2.11 bits per heavy atom. The van der Waals surface area contributed by atoms with Crippen LogP contribution < -0.4 is 5.84 Å². The van der Waals surface area contributed by atoms with E-state index in [0.717, 1.165) is 18.7 Å². The molecule has 3 heteroatoms. The molecule has 0 saturated heterocycles. The Kier molecular flexibility index (Phi) is 3.84. The largest absolute Gasteiger partial charge is 0.365 e. The molecule has 0 heterocycles. The fourth-order valence-electron chi connectivity index (χ4n) is 0.627. The Morgan fingerprint density at radius 3 is 2.22 bits per heavy atom. The average Bonchev–Trinajstić information content (AvgIpc) is 1.82. The van der Waals surface area contributed by atoms with Crippen molar-refractivity contribution >= 4 is 5.84 Å². The van der Waals surface area contributed by atoms with Gasteiger partial charge in [0, 0.05) is 20.5 Å². The van der Waals surface area contributed by atoms with Crippen LogP contribution in [0.5, 0.6) is 0 Å². The van der Waals surface area contributed by atoms with E-state index in [1.54, 1.807) is 0 Å². The van der Waals surface area contributed by atoms with Gasteiger partial charge in [0.25, 0.3) is 0 Å². The molecule has 0 saturated carbocycles. The first-order chi connectivity index (χ1) is 4.22. The minimum atomic E-state index is 0.956. The van der Waals surface area contributed by atoms with Crippen molar-refractivity contribution in [3.05, 3.63) is 0 Å². The average molecular weight is 129 g/mol. The summed E-state index contributed by atoms with van der Waals surface area (Å²) in [5.41, 5.74) is 0. The molecule has 3 nitrogen and oxygen atoms in total. The zero-order valence-corrected chi connectivity index (χ0v) is 6.39. The summed E-state index contributed by atoms with van der Waals surface area (Å²) in [5, 5.41) is 3.62. The lowest BCUT2D eigenvalue weighted by Crippen LogP contribution is -2.22. The second-order valence-corrected chi connectivity index (χ2v) is 2.19. The van der Waals surface area contributed by atoms with Crippen molar-refractivity contribution in [1.29, 1.82) is 0 Å². The van der Waals surface area contributed by atoms with Crippen LogP contribution in [0.3, 0.4) is 0 Å². The lowest BCUT2D eigenvalue weighted by atomic mass is 10.3. The molecular weight excluding hydrogens is 114 g/mol. The predicted octanol–water partition coefficient (Wildman–Crippen LogP) is 0.620. The first-order valence-corrected chi connectivity index (χ1v) is 3.16. The quantitative estimate of drug-likeness (QED) is 0.257. The van der Waals surface area contributed by atoms with E-state index in [1.165, 1.54) is 0 Å². The van der Waals surface area contributed by atoms with Crippen LogP contribution in [0.1, 0.15) is 19.8 Å². The summed E-state index contributed by atoms with van der Waals surface area (Å²) in [6, 6.07) is 0. The van der Waals surface area contributed by atoms with E-state index in [2.05, 4.69) is 12.0 Å². The van der Waals surface area contributed by atoms with Crippen LogP contribution in [-0.2, 0) is 0 Å². The van der Waals surface area contributed by atoms with Gasteiger partial charge in [-0.1, -0.05) is 6.92 Å². The standard InChI is InChI=1S/C6H15N3/c1-4-5-6(8-7)9(2)3/h4-5,7H2,1-3H3/b8-6+. The van der Waals surface area contributed by atoms with Crippen molar-refractivity contribution < 1.29 is 0 Å². The third-order valence-corrected chi connectivity index (χ3v) is 1.14. The van der Waals surface area contributed by atoms with E-state index in [1.807, 2.05) is 19.0 Å². The molecule has 0 bridgehead atoms. The normalized spacial score (nSPS) is 11.7. The van der Waals surface area contributed by atoms with E-state index >= 15 is 0 Å². The van der Waals surface area contributed by atoms with Gasteiger partial charge in [-0.15, -0.1) is 0 Å². The number of hydrogen-bond donors (Lipinski definition) is 1. The van der Waals surface area contributed by atoms with Crippen molar-refractivity contribution in [2.75, 3.05) is 14.1 Å². The lowest BCUT2D eigenvalue weighted by Gasteiger charge is -2.12. The maximum atomic E-state index is 5.11. The molecule has 0 unspecified atom stereocenters. The Hall–Kier alpha value is -0.730. The fourth-order valence-corrected chi connectivity index (χ4v) is 0.627. The van der Waals surface area contributed by atoms with Crippen molar-refractivity contribution in [3.8, 4) is 0 Å². The molecule has 0 atom stereocenters. The second-order valence-electron chi connectivity index (χ2n) is 2.19. The summed E-state index contributed by atoms with van der Waals surface area (Å²) in [6.07, 6.45) is 2.05. The molecule has 0 amide bonds. The van der Waals surface area contributed by atoms with E-state index in [4.69, 9.17) is 5.84 Å². The van der Waals surface area contributed by atoms with Crippen LogP contribution in [0, 0.1) is 0 Å². The first-order valence-electron chi connectivity index (χ1n) is 3.16. The third-order valence-electron chi connectivity index (χ3n) is 1.14. The SMILES string of the molecule is CCC/C(=N\N)N(C)C. The number of nitrogens with zero attached hydrogens (tertiary/aromatic N) is 2. The molecule has 9 heavy (non-hydrogen) atoms. The highest BCUT2D eigenvalue weighted by Gasteiger charge is 1.96. The summed E-state index contributed by atoms with van der Waals surface area (Å²) in [6.45, 7) is 2.11. The van der Waals surface area contributed by atoms with Gasteiger partial charge >= 0.3 is 0 Å². The summed E-state index contributed by atoms with van der Waals surface area (Å²) in [5.74, 6) is 6.06. The van der Waals surface area contributed by atoms with Gasteiger partial charge in [0.05, 0.1) is 0 Å². The molecule has 0 rings (SSSR count). The highest BCUT2D eigenvalue weighted by Crippen LogP contribution is 1.92. The van der Waals surface area contributed by atoms with Gasteiger partial charge in [-0.25, -0.2) is 0 Å². The van der Waals surface area contributed by atoms with Crippen molar-refractivity contribution in [2.24, 2.45) is 10.9 Å². The Morgan fingerprint density at radius 1 is 1.56 bits per heavy atom. The van der Waals surface area contributed by atoms with Crippen LogP contribution in [0.15, 0.2) is 5.10 Å². The summed E-state index contributed by atoms with van der Waals surface area (Å²) >= 11 is 0. The van der Waals surface area contributed by atoms with Gasteiger partial charge in [0.2, 0.25) is 0 Å². The van der Waals surface area contributed by atoms with Gasteiger partial charge in [-0.3, -0.25) is 0 Å². The second kappa shape index (κ2) is 4.18. The molecular formula is C6H15N3. The highest BCUT2D eigenvalue weighted by atomic mass is 15.2. The summed E-state index contributed by atoms with van der Waals surface area (Å²) in [4.78, 5) is 1.93. The minimum absolute atomic E-state index is 0.956. The van der Waals surface area contributed by atoms with Crippen molar-refractivity contribution in [1.82, 2.24) is 4.90 Å². The van der Waals surface area contributed by atoms with Crippen LogP contribution in [-0.4, -0.2) is 24.8 Å². The third kappa shape index (κ3) is 2.95. The Bertz CT molecular complexity index is 96.5. The summed E-state index contributed by atoms with van der Waals surface area (Å²) < 4.78 is 0. The smallest absolute Gasteiger partial charge is 0.123 e. The van der Waals surface area contributed by atoms with Gasteiger partial charge < -0.3 is 10.7 Å². The number of nitrogens with two attached hydrogens (primary N) is 1. The molecule has 0 fully saturated rings. The Balaban J connectivity index is 3.70. The maximum absolute atomic E-state index is 5.11. The molecule has 0 aromatic heterocycles. The van der Waals surface area contributed by atoms with Crippen LogP contribution in [0.2, 0.25) is 0 Å². The minimum Gasteiger partial charge on any atom is -0.365 e. The topological polar surface area (TPSA) is 41.6 Å². The molecule has 0 radical (unpaired) electrons. The lowest BCUT2D eigenvalue weighted by molar-refractivity contribution is 0.596. The van der Waals surface area contributed by atoms with E-state index in [9.17, 15) is 0 Å². The first kappa shape index (κ1) is 8.27. The Labute approximate surface area is 56.5 Å². The highest BCUT2D eigenvalue weighted by molar-refractivity contribution is 5.81. The molecule has 0 aromatic carbocycles. The van der Waals surface area contributed by atoms with Crippen molar-refractivity contribution in [2.45, 2.75) is 19.8 Å². The monoisotopic (exact) mass is 129 g/mol. The number of amidine groups is 1. The zero-order chi connectivity index (χ0) is 7.28. The van der Waals surface area contributed by atoms with E-state index in [0.29, 0.717) is 0 Å². The van der Waals surface area contributed by atoms with Gasteiger partial charge in [-0.05, 0) is 6.42 Å². The molecule has 0 aliphatic carbocycles. The van der Waals surface area contributed by atoms with Crippen LogP contribution in [0.4, 0.5) is 0 Å².